The van der Waals surface area contributed by atoms with E-state index in [4.69, 9.17) is 0 Å². The minimum absolute atomic E-state index is 0.0904. The number of nitrogens with zero attached hydrogens (tertiary/aromatic N) is 1. The topological polar surface area (TPSA) is 54.5 Å². The molecule has 0 aromatic carbocycles. The average Bonchev–Trinajstić information content (AvgIpc) is 2.74. The Kier molecular flexibility index (Phi) is 4.05. The standard InChI is InChI=1S/C17H29NO3S/c1-8-17-10-22(20,21)18(15(19)13(5)11(2)3)14(17)9-12(4)16(17,6)7/h12-14H,2,8-10H2,1,3-7H3/t12?,13-,14-,17?/m0/s1. The number of hydrogen-bond donors (Lipinski definition) is 0. The summed E-state index contributed by atoms with van der Waals surface area (Å²) in [6, 6.07) is -0.207. The highest BCUT2D eigenvalue weighted by molar-refractivity contribution is 7.90. The molecule has 0 spiro atoms. The highest BCUT2D eigenvalue weighted by Crippen LogP contribution is 2.63. The van der Waals surface area contributed by atoms with E-state index >= 15 is 0 Å². The van der Waals surface area contributed by atoms with Gasteiger partial charge in [0.15, 0.2) is 0 Å². The molecule has 2 aliphatic rings. The summed E-state index contributed by atoms with van der Waals surface area (Å²) in [5, 5.41) is 0. The van der Waals surface area contributed by atoms with Crippen LogP contribution in [-0.4, -0.2) is 30.4 Å². The highest BCUT2D eigenvalue weighted by atomic mass is 32.2. The molecule has 0 aromatic rings. The fraction of sp³-hybridized carbons (Fsp3) is 0.824. The van der Waals surface area contributed by atoms with Gasteiger partial charge in [0, 0.05) is 5.41 Å². The van der Waals surface area contributed by atoms with Crippen molar-refractivity contribution in [2.45, 2.75) is 60.4 Å². The molecule has 1 aliphatic carbocycles. The van der Waals surface area contributed by atoms with Gasteiger partial charge in [-0.05, 0) is 38.0 Å². The smallest absolute Gasteiger partial charge is 0.243 e. The molecule has 2 rings (SSSR count). The predicted molar refractivity (Wildman–Crippen MR) is 88.7 cm³/mol. The maximum atomic E-state index is 12.8. The summed E-state index contributed by atoms with van der Waals surface area (Å²) >= 11 is 0. The van der Waals surface area contributed by atoms with Gasteiger partial charge in [-0.15, -0.1) is 0 Å². The number of carbonyl (C=O) groups excluding carboxylic acids is 1. The molecule has 4 atom stereocenters. The Labute approximate surface area is 135 Å². The van der Waals surface area contributed by atoms with Crippen LogP contribution in [0.1, 0.15) is 54.4 Å². The van der Waals surface area contributed by atoms with Crippen LogP contribution in [0.2, 0.25) is 0 Å². The van der Waals surface area contributed by atoms with Gasteiger partial charge in [0.25, 0.3) is 0 Å². The van der Waals surface area contributed by atoms with Crippen LogP contribution < -0.4 is 0 Å². The van der Waals surface area contributed by atoms with Gasteiger partial charge in [0.05, 0.1) is 17.7 Å². The summed E-state index contributed by atoms with van der Waals surface area (Å²) in [5.41, 5.74) is 0.274. The fourth-order valence-corrected chi connectivity index (χ4v) is 7.12. The number of fused-ring (bicyclic) bond motifs is 1. The van der Waals surface area contributed by atoms with Gasteiger partial charge in [-0.2, -0.15) is 0 Å². The van der Waals surface area contributed by atoms with Crippen molar-refractivity contribution in [3.63, 3.8) is 0 Å². The molecule has 0 aromatic heterocycles. The largest absolute Gasteiger partial charge is 0.273 e. The molecular formula is C17H29NO3S. The molecule has 5 heteroatoms. The summed E-state index contributed by atoms with van der Waals surface area (Å²) in [7, 11) is -3.55. The van der Waals surface area contributed by atoms with E-state index in [2.05, 4.69) is 34.3 Å². The highest BCUT2D eigenvalue weighted by Gasteiger charge is 2.67. The molecule has 2 unspecified atom stereocenters. The van der Waals surface area contributed by atoms with Crippen molar-refractivity contribution in [3.8, 4) is 0 Å². The molecule has 1 saturated heterocycles. The third-order valence-electron chi connectivity index (χ3n) is 6.71. The Morgan fingerprint density at radius 2 is 1.95 bits per heavy atom. The van der Waals surface area contributed by atoms with Crippen molar-refractivity contribution in [3.05, 3.63) is 12.2 Å². The molecule has 4 nitrogen and oxygen atoms in total. The van der Waals surface area contributed by atoms with Crippen LogP contribution >= 0.6 is 0 Å². The third-order valence-corrected chi connectivity index (χ3v) is 8.62. The molecule has 1 heterocycles. The first-order valence-corrected chi connectivity index (χ1v) is 9.74. The Bertz CT molecular complexity index is 607. The maximum absolute atomic E-state index is 12.8. The molecule has 1 saturated carbocycles. The van der Waals surface area contributed by atoms with Crippen LogP contribution in [0.3, 0.4) is 0 Å². The molecule has 0 bridgehead atoms. The third kappa shape index (κ3) is 2.08. The number of rotatable bonds is 3. The van der Waals surface area contributed by atoms with Crippen molar-refractivity contribution in [1.29, 1.82) is 0 Å². The van der Waals surface area contributed by atoms with Gasteiger partial charge in [-0.25, -0.2) is 12.7 Å². The average molecular weight is 327 g/mol. The molecule has 1 amide bonds. The second kappa shape index (κ2) is 5.08. The number of hydrogen-bond acceptors (Lipinski definition) is 3. The molecule has 0 N–H and O–H groups in total. The van der Waals surface area contributed by atoms with Gasteiger partial charge >= 0.3 is 0 Å². The lowest BCUT2D eigenvalue weighted by molar-refractivity contribution is -0.131. The van der Waals surface area contributed by atoms with Crippen LogP contribution in [0.4, 0.5) is 0 Å². The molecule has 2 fully saturated rings. The second-order valence-corrected chi connectivity index (χ2v) is 9.69. The van der Waals surface area contributed by atoms with Gasteiger partial charge in [-0.1, -0.05) is 39.8 Å². The zero-order valence-corrected chi connectivity index (χ0v) is 15.5. The molecule has 126 valence electrons. The van der Waals surface area contributed by atoms with Gasteiger partial charge in [0.2, 0.25) is 15.9 Å². The van der Waals surface area contributed by atoms with E-state index in [0.717, 1.165) is 12.8 Å². The van der Waals surface area contributed by atoms with Gasteiger partial charge in [-0.3, -0.25) is 4.79 Å². The summed E-state index contributed by atoms with van der Waals surface area (Å²) in [6.45, 7) is 15.9. The first kappa shape index (κ1) is 17.5. The summed E-state index contributed by atoms with van der Waals surface area (Å²) in [4.78, 5) is 12.8. The van der Waals surface area contributed by atoms with E-state index in [1.165, 1.54) is 4.31 Å². The van der Waals surface area contributed by atoms with Crippen molar-refractivity contribution in [1.82, 2.24) is 4.31 Å². The Morgan fingerprint density at radius 3 is 2.41 bits per heavy atom. The SMILES string of the molecule is C=C(C)[C@H](C)C(=O)N1[C@H]2CC(C)C(C)(C)C2(CC)CS1(=O)=O. The first-order chi connectivity index (χ1) is 9.92. The molecule has 22 heavy (non-hydrogen) atoms. The molecular weight excluding hydrogens is 298 g/mol. The van der Waals surface area contributed by atoms with Crippen molar-refractivity contribution < 1.29 is 13.2 Å². The zero-order chi connectivity index (χ0) is 17.1. The molecule has 0 radical (unpaired) electrons. The fourth-order valence-electron chi connectivity index (χ4n) is 4.45. The van der Waals surface area contributed by atoms with E-state index in [1.54, 1.807) is 13.8 Å². The van der Waals surface area contributed by atoms with Crippen LogP contribution in [-0.2, 0) is 14.8 Å². The summed E-state index contributed by atoms with van der Waals surface area (Å²) < 4.78 is 26.8. The van der Waals surface area contributed by atoms with Gasteiger partial charge in [0.1, 0.15) is 0 Å². The lowest BCUT2D eigenvalue weighted by Gasteiger charge is -2.41. The number of carbonyl (C=O) groups is 1. The normalized spacial score (nSPS) is 36.9. The Morgan fingerprint density at radius 1 is 1.41 bits per heavy atom. The van der Waals surface area contributed by atoms with E-state index in [-0.39, 0.29) is 28.5 Å². The van der Waals surface area contributed by atoms with E-state index < -0.39 is 15.9 Å². The number of sulfonamides is 1. The van der Waals surface area contributed by atoms with Crippen LogP contribution in [0.15, 0.2) is 12.2 Å². The van der Waals surface area contributed by atoms with E-state index in [0.29, 0.717) is 11.5 Å². The minimum atomic E-state index is -3.55. The first-order valence-electron chi connectivity index (χ1n) is 8.13. The maximum Gasteiger partial charge on any atom is 0.243 e. The predicted octanol–water partition coefficient (Wildman–Crippen LogP) is 3.20. The van der Waals surface area contributed by atoms with Crippen molar-refractivity contribution in [2.24, 2.45) is 22.7 Å². The summed E-state index contributed by atoms with van der Waals surface area (Å²) in [6.07, 6.45) is 1.54. The number of amides is 1. The van der Waals surface area contributed by atoms with Crippen LogP contribution in [0, 0.1) is 22.7 Å². The van der Waals surface area contributed by atoms with E-state index in [9.17, 15) is 13.2 Å². The quantitative estimate of drug-likeness (QED) is 0.748. The molecule has 1 aliphatic heterocycles. The van der Waals surface area contributed by atoms with Crippen molar-refractivity contribution in [2.75, 3.05) is 5.75 Å². The van der Waals surface area contributed by atoms with Crippen LogP contribution in [0.25, 0.3) is 0 Å². The Hall–Kier alpha value is -0.840. The van der Waals surface area contributed by atoms with Crippen molar-refractivity contribution >= 4 is 15.9 Å². The monoisotopic (exact) mass is 327 g/mol. The Balaban J connectivity index is 2.54. The zero-order valence-electron chi connectivity index (χ0n) is 14.6. The lowest BCUT2D eigenvalue weighted by atomic mass is 9.63. The van der Waals surface area contributed by atoms with Crippen LogP contribution in [0.5, 0.6) is 0 Å². The summed E-state index contributed by atoms with van der Waals surface area (Å²) in [5.74, 6) is -0.282. The van der Waals surface area contributed by atoms with Gasteiger partial charge < -0.3 is 0 Å². The second-order valence-electron chi connectivity index (χ2n) is 7.84. The van der Waals surface area contributed by atoms with E-state index in [1.807, 2.05) is 0 Å². The lowest BCUT2D eigenvalue weighted by Crippen LogP contribution is -2.46. The minimum Gasteiger partial charge on any atom is -0.273 e.